The molecule has 0 aliphatic carbocycles. The summed E-state index contributed by atoms with van der Waals surface area (Å²) in [5.74, 6) is 2.04. The van der Waals surface area contributed by atoms with Crippen LogP contribution in [0.1, 0.15) is 23.4 Å². The van der Waals surface area contributed by atoms with Crippen LogP contribution in [-0.4, -0.2) is 27.9 Å². The molecule has 2 aromatic rings. The summed E-state index contributed by atoms with van der Waals surface area (Å²) in [4.78, 5) is 4.25. The molecule has 0 saturated carbocycles. The van der Waals surface area contributed by atoms with Crippen LogP contribution in [0.3, 0.4) is 0 Å². The maximum absolute atomic E-state index is 5.29. The molecule has 1 atom stereocenters. The third-order valence-electron chi connectivity index (χ3n) is 3.86. The van der Waals surface area contributed by atoms with E-state index >= 15 is 0 Å². The molecule has 2 heterocycles. The standard InChI is InChI=1S/C15H20N4O/c1-11-7-12(3-5-14(11)20-2)8-16-13-4-6-15-17-10-18-19(15)9-13/h3,5,7,10,13,16H,4,6,8-9H2,1-2H3. The van der Waals surface area contributed by atoms with Crippen molar-refractivity contribution in [2.24, 2.45) is 0 Å². The lowest BCUT2D eigenvalue weighted by molar-refractivity contribution is 0.358. The Labute approximate surface area is 119 Å². The molecule has 1 aromatic heterocycles. The molecule has 0 bridgehead atoms. The summed E-state index contributed by atoms with van der Waals surface area (Å²) in [6.45, 7) is 3.86. The zero-order chi connectivity index (χ0) is 13.9. The van der Waals surface area contributed by atoms with Gasteiger partial charge in [0.25, 0.3) is 0 Å². The first-order valence-electron chi connectivity index (χ1n) is 7.00. The first-order valence-corrected chi connectivity index (χ1v) is 7.00. The van der Waals surface area contributed by atoms with E-state index in [0.29, 0.717) is 6.04 Å². The van der Waals surface area contributed by atoms with Crippen LogP contribution in [0.2, 0.25) is 0 Å². The second-order valence-electron chi connectivity index (χ2n) is 5.28. The molecule has 3 rings (SSSR count). The van der Waals surface area contributed by atoms with Crippen molar-refractivity contribution in [3.05, 3.63) is 41.5 Å². The van der Waals surface area contributed by atoms with E-state index in [4.69, 9.17) is 4.74 Å². The minimum Gasteiger partial charge on any atom is -0.496 e. The van der Waals surface area contributed by atoms with Crippen molar-refractivity contribution >= 4 is 0 Å². The average molecular weight is 272 g/mol. The van der Waals surface area contributed by atoms with Crippen molar-refractivity contribution in [1.29, 1.82) is 0 Å². The molecule has 0 spiro atoms. The average Bonchev–Trinajstić information content (AvgIpc) is 2.92. The number of methoxy groups -OCH3 is 1. The summed E-state index contributed by atoms with van der Waals surface area (Å²) in [5, 5.41) is 7.85. The van der Waals surface area contributed by atoms with E-state index in [-0.39, 0.29) is 0 Å². The SMILES string of the molecule is COc1ccc(CNC2CCc3ncnn3C2)cc1C. The van der Waals surface area contributed by atoms with Gasteiger partial charge in [0, 0.05) is 19.0 Å². The number of fused-ring (bicyclic) bond motifs is 1. The summed E-state index contributed by atoms with van der Waals surface area (Å²) in [6.07, 6.45) is 3.76. The van der Waals surface area contributed by atoms with Crippen LogP contribution in [0.4, 0.5) is 0 Å². The van der Waals surface area contributed by atoms with Gasteiger partial charge in [0.2, 0.25) is 0 Å². The van der Waals surface area contributed by atoms with E-state index in [1.165, 1.54) is 11.1 Å². The molecule has 0 amide bonds. The molecule has 0 saturated heterocycles. The van der Waals surface area contributed by atoms with Crippen LogP contribution < -0.4 is 10.1 Å². The van der Waals surface area contributed by atoms with E-state index in [1.54, 1.807) is 13.4 Å². The Morgan fingerprint density at radius 2 is 2.35 bits per heavy atom. The van der Waals surface area contributed by atoms with E-state index in [0.717, 1.165) is 37.5 Å². The van der Waals surface area contributed by atoms with E-state index in [2.05, 4.69) is 34.5 Å². The Morgan fingerprint density at radius 1 is 1.45 bits per heavy atom. The third-order valence-corrected chi connectivity index (χ3v) is 3.86. The van der Waals surface area contributed by atoms with Crippen LogP contribution in [0.5, 0.6) is 5.75 Å². The smallest absolute Gasteiger partial charge is 0.138 e. The largest absolute Gasteiger partial charge is 0.496 e. The van der Waals surface area contributed by atoms with Gasteiger partial charge in [-0.25, -0.2) is 9.67 Å². The number of hydrogen-bond acceptors (Lipinski definition) is 4. The number of nitrogens with one attached hydrogen (secondary N) is 1. The van der Waals surface area contributed by atoms with Crippen molar-refractivity contribution in [3.63, 3.8) is 0 Å². The van der Waals surface area contributed by atoms with E-state index < -0.39 is 0 Å². The van der Waals surface area contributed by atoms with Gasteiger partial charge >= 0.3 is 0 Å². The van der Waals surface area contributed by atoms with Gasteiger partial charge in [-0.05, 0) is 30.5 Å². The van der Waals surface area contributed by atoms with Crippen molar-refractivity contribution in [3.8, 4) is 5.75 Å². The maximum Gasteiger partial charge on any atom is 0.138 e. The number of benzene rings is 1. The topological polar surface area (TPSA) is 52.0 Å². The van der Waals surface area contributed by atoms with Gasteiger partial charge in [0.1, 0.15) is 17.9 Å². The lowest BCUT2D eigenvalue weighted by Crippen LogP contribution is -2.37. The third kappa shape index (κ3) is 2.67. The fourth-order valence-corrected chi connectivity index (χ4v) is 2.72. The molecule has 106 valence electrons. The molecule has 0 radical (unpaired) electrons. The van der Waals surface area contributed by atoms with Gasteiger partial charge in [-0.1, -0.05) is 12.1 Å². The molecule has 1 aromatic carbocycles. The minimum absolute atomic E-state index is 0.464. The molecular weight excluding hydrogens is 252 g/mol. The van der Waals surface area contributed by atoms with Gasteiger partial charge in [0.05, 0.1) is 13.7 Å². The predicted octanol–water partition coefficient (Wildman–Crippen LogP) is 1.70. The summed E-state index contributed by atoms with van der Waals surface area (Å²) in [7, 11) is 1.71. The van der Waals surface area contributed by atoms with Crippen molar-refractivity contribution < 1.29 is 4.74 Å². The van der Waals surface area contributed by atoms with Gasteiger partial charge < -0.3 is 10.1 Å². The highest BCUT2D eigenvalue weighted by Crippen LogP contribution is 2.19. The van der Waals surface area contributed by atoms with Gasteiger partial charge in [-0.3, -0.25) is 0 Å². The number of hydrogen-bond donors (Lipinski definition) is 1. The predicted molar refractivity (Wildman–Crippen MR) is 76.7 cm³/mol. The Morgan fingerprint density at radius 3 is 3.15 bits per heavy atom. The first-order chi connectivity index (χ1) is 9.76. The van der Waals surface area contributed by atoms with Gasteiger partial charge in [0.15, 0.2) is 0 Å². The fraction of sp³-hybridized carbons (Fsp3) is 0.467. The Hall–Kier alpha value is -1.88. The zero-order valence-electron chi connectivity index (χ0n) is 12.0. The molecular formula is C15H20N4O. The highest BCUT2D eigenvalue weighted by Gasteiger charge is 2.19. The van der Waals surface area contributed by atoms with E-state index in [9.17, 15) is 0 Å². The number of rotatable bonds is 4. The second-order valence-corrected chi connectivity index (χ2v) is 5.28. The van der Waals surface area contributed by atoms with Gasteiger partial charge in [-0.15, -0.1) is 0 Å². The molecule has 20 heavy (non-hydrogen) atoms. The molecule has 1 N–H and O–H groups in total. The van der Waals surface area contributed by atoms with Crippen molar-refractivity contribution in [2.75, 3.05) is 7.11 Å². The van der Waals surface area contributed by atoms with Crippen LogP contribution >= 0.6 is 0 Å². The highest BCUT2D eigenvalue weighted by atomic mass is 16.5. The Balaban J connectivity index is 1.59. The summed E-state index contributed by atoms with van der Waals surface area (Å²) >= 11 is 0. The monoisotopic (exact) mass is 272 g/mol. The molecule has 1 aliphatic heterocycles. The summed E-state index contributed by atoms with van der Waals surface area (Å²) < 4.78 is 7.29. The van der Waals surface area contributed by atoms with Gasteiger partial charge in [-0.2, -0.15) is 5.10 Å². The van der Waals surface area contributed by atoms with Crippen LogP contribution in [-0.2, 0) is 19.5 Å². The fourth-order valence-electron chi connectivity index (χ4n) is 2.72. The Bertz CT molecular complexity index is 593. The number of ether oxygens (including phenoxy) is 1. The first kappa shape index (κ1) is 13.1. The summed E-state index contributed by atoms with van der Waals surface area (Å²) in [5.41, 5.74) is 2.46. The van der Waals surface area contributed by atoms with E-state index in [1.807, 2.05) is 10.7 Å². The molecule has 1 aliphatic rings. The molecule has 1 unspecified atom stereocenters. The molecule has 0 fully saturated rings. The number of nitrogens with zero attached hydrogens (tertiary/aromatic N) is 3. The van der Waals surface area contributed by atoms with Crippen molar-refractivity contribution in [1.82, 2.24) is 20.1 Å². The molecule has 5 heteroatoms. The second kappa shape index (κ2) is 5.63. The lowest BCUT2D eigenvalue weighted by atomic mass is 10.1. The normalized spacial score (nSPS) is 17.8. The van der Waals surface area contributed by atoms with Crippen LogP contribution in [0.15, 0.2) is 24.5 Å². The zero-order valence-corrected chi connectivity index (χ0v) is 12.0. The number of aryl methyl sites for hydroxylation is 2. The lowest BCUT2D eigenvalue weighted by Gasteiger charge is -2.23. The number of aromatic nitrogens is 3. The summed E-state index contributed by atoms with van der Waals surface area (Å²) in [6, 6.07) is 6.78. The Kier molecular flexibility index (Phi) is 3.69. The molecule has 5 nitrogen and oxygen atoms in total. The van der Waals surface area contributed by atoms with Crippen molar-refractivity contribution in [2.45, 2.75) is 38.9 Å². The minimum atomic E-state index is 0.464. The highest BCUT2D eigenvalue weighted by molar-refractivity contribution is 5.36. The quantitative estimate of drug-likeness (QED) is 0.920. The maximum atomic E-state index is 5.29. The van der Waals surface area contributed by atoms with Crippen LogP contribution in [0.25, 0.3) is 0 Å². The van der Waals surface area contributed by atoms with Crippen LogP contribution in [0, 0.1) is 6.92 Å².